The number of ether oxygens (including phenoxy) is 2. The fourth-order valence-corrected chi connectivity index (χ4v) is 4.00. The van der Waals surface area contributed by atoms with Crippen LogP contribution in [0.4, 0.5) is 0 Å². The highest BCUT2D eigenvalue weighted by Crippen LogP contribution is 2.42. The van der Waals surface area contributed by atoms with Crippen molar-refractivity contribution in [3.63, 3.8) is 0 Å². The van der Waals surface area contributed by atoms with E-state index in [4.69, 9.17) is 13.9 Å². The smallest absolute Gasteiger partial charge is 0.296 e. The van der Waals surface area contributed by atoms with Crippen molar-refractivity contribution in [1.82, 2.24) is 4.90 Å². The first-order valence-corrected chi connectivity index (χ1v) is 10.0. The first-order valence-electron chi connectivity index (χ1n) is 10.0. The normalized spacial score (nSPS) is 19.4. The molecule has 32 heavy (non-hydrogen) atoms. The predicted octanol–water partition coefficient (Wildman–Crippen LogP) is 3.38. The van der Waals surface area contributed by atoms with Crippen molar-refractivity contribution in [2.75, 3.05) is 13.2 Å². The Balaban J connectivity index is 1.64. The molecule has 2 aromatic carbocycles. The summed E-state index contributed by atoms with van der Waals surface area (Å²) in [5, 5.41) is 21.2. The van der Waals surface area contributed by atoms with Gasteiger partial charge in [0.1, 0.15) is 30.5 Å². The molecule has 8 nitrogen and oxygen atoms in total. The molecular weight excluding hydrogens is 414 g/mol. The molecule has 2 aliphatic rings. The summed E-state index contributed by atoms with van der Waals surface area (Å²) in [6.45, 7) is 0.817. The van der Waals surface area contributed by atoms with Crippen molar-refractivity contribution in [3.05, 3.63) is 83.3 Å². The highest BCUT2D eigenvalue weighted by molar-refractivity contribution is 6.46. The number of ketones is 1. The zero-order chi connectivity index (χ0) is 22.2. The lowest BCUT2D eigenvalue weighted by molar-refractivity contribution is -0.140. The van der Waals surface area contributed by atoms with Crippen LogP contribution in [0.15, 0.2) is 70.9 Å². The van der Waals surface area contributed by atoms with Gasteiger partial charge in [-0.15, -0.1) is 0 Å². The third-order valence-corrected chi connectivity index (χ3v) is 5.45. The molecule has 5 rings (SSSR count). The van der Waals surface area contributed by atoms with Crippen molar-refractivity contribution < 1.29 is 33.7 Å². The summed E-state index contributed by atoms with van der Waals surface area (Å²) in [4.78, 5) is 27.3. The molecule has 1 atom stereocenters. The van der Waals surface area contributed by atoms with Gasteiger partial charge in [-0.1, -0.05) is 12.1 Å². The van der Waals surface area contributed by atoms with Crippen LogP contribution in [0.25, 0.3) is 5.76 Å². The number of aromatic hydroxyl groups is 1. The number of fused-ring (bicyclic) bond motifs is 1. The van der Waals surface area contributed by atoms with E-state index in [0.29, 0.717) is 41.6 Å². The zero-order valence-electron chi connectivity index (χ0n) is 16.9. The maximum absolute atomic E-state index is 13.1. The van der Waals surface area contributed by atoms with Gasteiger partial charge in [-0.3, -0.25) is 9.59 Å². The van der Waals surface area contributed by atoms with Crippen LogP contribution in [0, 0.1) is 0 Å². The molecule has 0 unspecified atom stereocenters. The molecule has 0 bridgehead atoms. The molecular formula is C24H19NO7. The highest BCUT2D eigenvalue weighted by atomic mass is 16.6. The first-order chi connectivity index (χ1) is 15.5. The van der Waals surface area contributed by atoms with Crippen LogP contribution in [0.3, 0.4) is 0 Å². The van der Waals surface area contributed by atoms with E-state index in [9.17, 15) is 19.8 Å². The Morgan fingerprint density at radius 2 is 1.81 bits per heavy atom. The van der Waals surface area contributed by atoms with E-state index in [1.807, 2.05) is 0 Å². The van der Waals surface area contributed by atoms with Crippen molar-refractivity contribution in [3.8, 4) is 17.2 Å². The second-order valence-electron chi connectivity index (χ2n) is 7.46. The van der Waals surface area contributed by atoms with Gasteiger partial charge in [0.2, 0.25) is 0 Å². The van der Waals surface area contributed by atoms with E-state index in [2.05, 4.69) is 0 Å². The van der Waals surface area contributed by atoms with Gasteiger partial charge in [0.05, 0.1) is 24.4 Å². The Labute approximate surface area is 182 Å². The average Bonchev–Trinajstić information content (AvgIpc) is 3.41. The number of phenols is 1. The zero-order valence-corrected chi connectivity index (χ0v) is 16.9. The minimum atomic E-state index is -0.916. The highest BCUT2D eigenvalue weighted by Gasteiger charge is 2.46. The lowest BCUT2D eigenvalue weighted by Gasteiger charge is -2.24. The average molecular weight is 433 g/mol. The van der Waals surface area contributed by atoms with Crippen LogP contribution in [-0.4, -0.2) is 40.0 Å². The molecule has 0 aliphatic carbocycles. The van der Waals surface area contributed by atoms with Gasteiger partial charge in [0.25, 0.3) is 11.7 Å². The number of aliphatic hydroxyl groups excluding tert-OH is 1. The number of hydrogen-bond acceptors (Lipinski definition) is 7. The lowest BCUT2D eigenvalue weighted by atomic mass is 9.95. The molecule has 2 N–H and O–H groups in total. The minimum absolute atomic E-state index is 0.0228. The minimum Gasteiger partial charge on any atom is -0.508 e. The SMILES string of the molecule is O=C1C(=O)N(Cc2ccco2)[C@H](c2cccc(O)c2)C1=C(O)c1ccc2c(c1)OCCO2. The molecule has 1 saturated heterocycles. The molecule has 0 saturated carbocycles. The van der Waals surface area contributed by atoms with Crippen molar-refractivity contribution in [2.45, 2.75) is 12.6 Å². The Morgan fingerprint density at radius 1 is 1.00 bits per heavy atom. The summed E-state index contributed by atoms with van der Waals surface area (Å²) in [6.07, 6.45) is 1.48. The molecule has 8 heteroatoms. The summed E-state index contributed by atoms with van der Waals surface area (Å²) in [7, 11) is 0. The number of carbonyl (C=O) groups is 2. The van der Waals surface area contributed by atoms with Gasteiger partial charge in [-0.2, -0.15) is 0 Å². The summed E-state index contributed by atoms with van der Waals surface area (Å²) >= 11 is 0. The Kier molecular flexibility index (Phi) is 4.82. The number of nitrogens with zero attached hydrogens (tertiary/aromatic N) is 1. The van der Waals surface area contributed by atoms with Crippen LogP contribution in [0.5, 0.6) is 17.2 Å². The summed E-state index contributed by atoms with van der Waals surface area (Å²) in [5.41, 5.74) is 0.717. The van der Waals surface area contributed by atoms with Gasteiger partial charge in [-0.05, 0) is 48.0 Å². The molecule has 0 spiro atoms. The maximum atomic E-state index is 13.1. The number of phenolic OH excluding ortho intramolecular Hbond substituents is 1. The van der Waals surface area contributed by atoms with E-state index in [-0.39, 0.29) is 23.6 Å². The number of furan rings is 1. The van der Waals surface area contributed by atoms with Gasteiger partial charge in [0.15, 0.2) is 11.5 Å². The van der Waals surface area contributed by atoms with Crippen LogP contribution in [0.1, 0.15) is 22.9 Å². The van der Waals surface area contributed by atoms with E-state index < -0.39 is 17.7 Å². The molecule has 2 aliphatic heterocycles. The van der Waals surface area contributed by atoms with Gasteiger partial charge in [-0.25, -0.2) is 0 Å². The standard InChI is InChI=1S/C24H19NO7/c26-16-4-1-3-14(11-16)21-20(23(28)24(29)25(21)13-17-5-2-8-30-17)22(27)15-6-7-18-19(12-15)32-10-9-31-18/h1-8,11-12,21,26-27H,9-10,13H2/t21-/m1/s1. The molecule has 0 radical (unpaired) electrons. The summed E-state index contributed by atoms with van der Waals surface area (Å²) in [5.74, 6) is -0.488. The monoisotopic (exact) mass is 433 g/mol. The third kappa shape index (κ3) is 3.35. The number of aliphatic hydroxyl groups is 1. The molecule has 1 amide bonds. The fraction of sp³-hybridized carbons (Fsp3) is 0.167. The number of benzene rings is 2. The molecule has 1 aromatic heterocycles. The van der Waals surface area contributed by atoms with Crippen LogP contribution < -0.4 is 9.47 Å². The first kappa shape index (κ1) is 19.7. The Hall–Kier alpha value is -4.20. The molecule has 3 heterocycles. The second-order valence-corrected chi connectivity index (χ2v) is 7.46. The Morgan fingerprint density at radius 3 is 2.56 bits per heavy atom. The van der Waals surface area contributed by atoms with Crippen molar-refractivity contribution in [1.29, 1.82) is 0 Å². The topological polar surface area (TPSA) is 109 Å². The van der Waals surface area contributed by atoms with Crippen molar-refractivity contribution >= 4 is 17.4 Å². The van der Waals surface area contributed by atoms with Gasteiger partial charge in [0, 0.05) is 5.56 Å². The maximum Gasteiger partial charge on any atom is 0.296 e. The van der Waals surface area contributed by atoms with Crippen LogP contribution in [-0.2, 0) is 16.1 Å². The second kappa shape index (κ2) is 7.81. The summed E-state index contributed by atoms with van der Waals surface area (Å²) < 4.78 is 16.5. The van der Waals surface area contributed by atoms with Crippen molar-refractivity contribution in [2.24, 2.45) is 0 Å². The predicted molar refractivity (Wildman–Crippen MR) is 112 cm³/mol. The van der Waals surface area contributed by atoms with Gasteiger partial charge < -0.3 is 29.0 Å². The van der Waals surface area contributed by atoms with E-state index in [1.54, 1.807) is 42.5 Å². The fourth-order valence-electron chi connectivity index (χ4n) is 4.00. The molecule has 1 fully saturated rings. The quantitative estimate of drug-likeness (QED) is 0.369. The van der Waals surface area contributed by atoms with E-state index in [0.717, 1.165) is 0 Å². The number of carbonyl (C=O) groups excluding carboxylic acids is 2. The number of Topliss-reactive ketones (excluding diaryl/α,β-unsaturated/α-hetero) is 1. The molecule has 3 aromatic rings. The molecule has 162 valence electrons. The Bertz CT molecular complexity index is 1230. The van der Waals surface area contributed by atoms with E-state index in [1.165, 1.54) is 23.3 Å². The number of likely N-dealkylation sites (tertiary alicyclic amines) is 1. The summed E-state index contributed by atoms with van der Waals surface area (Å²) in [6, 6.07) is 13.5. The van der Waals surface area contributed by atoms with E-state index >= 15 is 0 Å². The van der Waals surface area contributed by atoms with Crippen LogP contribution >= 0.6 is 0 Å². The lowest BCUT2D eigenvalue weighted by Crippen LogP contribution is -2.29. The number of hydrogen-bond donors (Lipinski definition) is 2. The third-order valence-electron chi connectivity index (χ3n) is 5.45. The number of amides is 1. The van der Waals surface area contributed by atoms with Crippen LogP contribution in [0.2, 0.25) is 0 Å². The largest absolute Gasteiger partial charge is 0.508 e. The number of rotatable bonds is 4. The van der Waals surface area contributed by atoms with Gasteiger partial charge >= 0.3 is 0 Å².